The van der Waals surface area contributed by atoms with Crippen LogP contribution < -0.4 is 21.1 Å². The van der Waals surface area contributed by atoms with E-state index in [0.717, 1.165) is 52.5 Å². The molecule has 2 N–H and O–H groups in total. The van der Waals surface area contributed by atoms with Crippen LogP contribution in [-0.4, -0.2) is 110 Å². The van der Waals surface area contributed by atoms with Gasteiger partial charge in [0.15, 0.2) is 0 Å². The van der Waals surface area contributed by atoms with Gasteiger partial charge in [-0.2, -0.15) is 4.98 Å². The number of amides is 4. The van der Waals surface area contributed by atoms with Gasteiger partial charge >= 0.3 is 0 Å². The minimum atomic E-state index is -1.16. The van der Waals surface area contributed by atoms with Crippen LogP contribution in [0.5, 0.6) is 0 Å². The van der Waals surface area contributed by atoms with Crippen LogP contribution in [0.3, 0.4) is 0 Å². The fourth-order valence-corrected chi connectivity index (χ4v) is 9.94. The molecule has 1 saturated carbocycles. The first-order valence-electron chi connectivity index (χ1n) is 19.9. The van der Waals surface area contributed by atoms with Gasteiger partial charge in [-0.25, -0.2) is 18.1 Å². The molecule has 9 rings (SSSR count). The van der Waals surface area contributed by atoms with E-state index in [1.54, 1.807) is 22.9 Å². The normalized spacial score (nSPS) is 23.5. The van der Waals surface area contributed by atoms with Crippen LogP contribution >= 0.6 is 11.9 Å². The van der Waals surface area contributed by atoms with Crippen molar-refractivity contribution >= 4 is 58.2 Å². The van der Waals surface area contributed by atoms with Gasteiger partial charge in [0.2, 0.25) is 17.8 Å². The zero-order valence-corrected chi connectivity index (χ0v) is 32.6. The molecular weight excluding hydrogens is 769 g/mol. The lowest BCUT2D eigenvalue weighted by Crippen LogP contribution is -2.54. The zero-order chi connectivity index (χ0) is 40.1. The summed E-state index contributed by atoms with van der Waals surface area (Å²) >= 11 is 1.53. The third-order valence-electron chi connectivity index (χ3n) is 11.9. The number of piperidine rings is 2. The van der Waals surface area contributed by atoms with E-state index in [4.69, 9.17) is 4.98 Å². The van der Waals surface area contributed by atoms with Gasteiger partial charge in [-0.1, -0.05) is 25.0 Å². The molecule has 58 heavy (non-hydrogen) atoms. The average Bonchev–Trinajstić information content (AvgIpc) is 3.82. The number of alkyl halides is 1. The molecule has 17 heteroatoms. The van der Waals surface area contributed by atoms with Crippen molar-refractivity contribution in [2.75, 3.05) is 49.5 Å². The van der Waals surface area contributed by atoms with Gasteiger partial charge in [0.25, 0.3) is 17.4 Å². The summed E-state index contributed by atoms with van der Waals surface area (Å²) in [7, 11) is 0. The Labute approximate surface area is 337 Å². The van der Waals surface area contributed by atoms with E-state index in [0.29, 0.717) is 57.3 Å². The summed E-state index contributed by atoms with van der Waals surface area (Å²) in [4.78, 5) is 78.4. The number of rotatable bonds is 9. The van der Waals surface area contributed by atoms with Gasteiger partial charge in [0, 0.05) is 80.8 Å². The van der Waals surface area contributed by atoms with Crippen molar-refractivity contribution in [3.8, 4) is 0 Å². The molecule has 3 unspecified atom stereocenters. The molecule has 4 aromatic rings. The summed E-state index contributed by atoms with van der Waals surface area (Å²) in [5, 5.41) is 6.18. The van der Waals surface area contributed by atoms with Gasteiger partial charge in [-0.3, -0.25) is 43.7 Å². The topological polar surface area (TPSA) is 153 Å². The van der Waals surface area contributed by atoms with E-state index >= 15 is 8.78 Å². The second-order valence-electron chi connectivity index (χ2n) is 15.7. The first-order valence-corrected chi connectivity index (χ1v) is 20.7. The predicted molar refractivity (Wildman–Crippen MR) is 213 cm³/mol. The maximum absolute atomic E-state index is 15.7. The van der Waals surface area contributed by atoms with Crippen LogP contribution in [0.4, 0.5) is 20.4 Å². The van der Waals surface area contributed by atoms with E-state index < -0.39 is 47.7 Å². The SMILES string of the molecule is O=C1CCC(N2C(=O)c3cc(F)c(N4CCN(Cc5cccc(SN6CCC(Nc7ncc8ccc(=O)n(C9CCCC9)c8n7)C(F)C6)c5)CC4)cc3C2=O)C(=O)N1. The molecule has 302 valence electrons. The summed E-state index contributed by atoms with van der Waals surface area (Å²) in [6.07, 6.45) is 5.19. The van der Waals surface area contributed by atoms with Crippen LogP contribution in [0, 0.1) is 5.82 Å². The fraction of sp³-hybridized carbons (Fsp3) is 0.439. The molecule has 3 atom stereocenters. The minimum Gasteiger partial charge on any atom is -0.367 e. The number of anilines is 2. The van der Waals surface area contributed by atoms with Crippen LogP contribution in [0.1, 0.15) is 77.3 Å². The highest BCUT2D eigenvalue weighted by Crippen LogP contribution is 2.35. The average molecular weight is 812 g/mol. The number of fused-ring (bicyclic) bond motifs is 2. The molecule has 4 fully saturated rings. The van der Waals surface area contributed by atoms with E-state index in [1.807, 2.05) is 21.3 Å². The monoisotopic (exact) mass is 811 g/mol. The molecule has 5 aliphatic rings. The number of nitrogens with zero attached hydrogens (tertiary/aromatic N) is 7. The number of piperazine rings is 1. The smallest absolute Gasteiger partial charge is 0.262 e. The molecule has 3 saturated heterocycles. The summed E-state index contributed by atoms with van der Waals surface area (Å²) in [6, 6.07) is 12.5. The molecule has 0 bridgehead atoms. The van der Waals surface area contributed by atoms with Crippen molar-refractivity contribution in [2.24, 2.45) is 0 Å². The Morgan fingerprint density at radius 3 is 2.41 bits per heavy atom. The molecular formula is C41H43F2N9O5S. The van der Waals surface area contributed by atoms with Crippen molar-refractivity contribution in [3.63, 3.8) is 0 Å². The van der Waals surface area contributed by atoms with E-state index in [-0.39, 0.29) is 47.8 Å². The first kappa shape index (κ1) is 38.3. The summed E-state index contributed by atoms with van der Waals surface area (Å²) in [6.45, 7) is 3.80. The lowest BCUT2D eigenvalue weighted by atomic mass is 10.0. The quantitative estimate of drug-likeness (QED) is 0.183. The number of imide groups is 2. The van der Waals surface area contributed by atoms with Crippen LogP contribution in [0.25, 0.3) is 11.0 Å². The molecule has 4 aliphatic heterocycles. The Morgan fingerprint density at radius 2 is 1.66 bits per heavy atom. The van der Waals surface area contributed by atoms with Gasteiger partial charge in [0.1, 0.15) is 23.7 Å². The molecule has 6 heterocycles. The molecule has 1 aliphatic carbocycles. The number of hydrogen-bond acceptors (Lipinski definition) is 12. The lowest BCUT2D eigenvalue weighted by molar-refractivity contribution is -0.136. The number of carbonyl (C=O) groups is 4. The van der Waals surface area contributed by atoms with E-state index in [9.17, 15) is 24.0 Å². The summed E-state index contributed by atoms with van der Waals surface area (Å²) in [5.74, 6) is -2.87. The van der Waals surface area contributed by atoms with Crippen molar-refractivity contribution < 1.29 is 28.0 Å². The molecule has 4 amide bonds. The Bertz CT molecular complexity index is 2370. The van der Waals surface area contributed by atoms with E-state index in [2.05, 4.69) is 32.7 Å². The van der Waals surface area contributed by atoms with Gasteiger partial charge in [-0.05, 0) is 73.5 Å². The summed E-state index contributed by atoms with van der Waals surface area (Å²) in [5.41, 5.74) is 1.80. The fourth-order valence-electron chi connectivity index (χ4n) is 8.89. The van der Waals surface area contributed by atoms with Gasteiger partial charge in [0.05, 0.1) is 22.9 Å². The highest BCUT2D eigenvalue weighted by molar-refractivity contribution is 7.97. The molecule has 14 nitrogen and oxygen atoms in total. The molecule has 2 aromatic heterocycles. The third-order valence-corrected chi connectivity index (χ3v) is 13.0. The number of hydrogen-bond donors (Lipinski definition) is 2. The molecule has 0 radical (unpaired) electrons. The van der Waals surface area contributed by atoms with Crippen molar-refractivity contribution in [2.45, 2.75) is 80.7 Å². The number of benzene rings is 2. The second kappa shape index (κ2) is 15.8. The predicted octanol–water partition coefficient (Wildman–Crippen LogP) is 4.30. The number of aromatic nitrogens is 3. The first-order chi connectivity index (χ1) is 28.1. The zero-order valence-electron chi connectivity index (χ0n) is 31.7. The largest absolute Gasteiger partial charge is 0.367 e. The minimum absolute atomic E-state index is 0.00505. The molecule has 2 aromatic carbocycles. The van der Waals surface area contributed by atoms with Crippen molar-refractivity contribution in [3.05, 3.63) is 87.6 Å². The highest BCUT2D eigenvalue weighted by Gasteiger charge is 2.45. The third kappa shape index (κ3) is 7.46. The van der Waals surface area contributed by atoms with Crippen LogP contribution in [0.2, 0.25) is 0 Å². The Balaban J connectivity index is 0.782. The van der Waals surface area contributed by atoms with Crippen LogP contribution in [0.15, 0.2) is 64.4 Å². The van der Waals surface area contributed by atoms with Crippen molar-refractivity contribution in [1.82, 2.24) is 34.0 Å². The number of nitrogens with one attached hydrogen (secondary N) is 2. The number of halogens is 2. The maximum atomic E-state index is 15.7. The van der Waals surface area contributed by atoms with Crippen molar-refractivity contribution in [1.29, 1.82) is 0 Å². The lowest BCUT2D eigenvalue weighted by Gasteiger charge is -2.36. The summed E-state index contributed by atoms with van der Waals surface area (Å²) < 4.78 is 34.9. The molecule has 0 spiro atoms. The maximum Gasteiger partial charge on any atom is 0.262 e. The number of carbonyl (C=O) groups excluding carboxylic acids is 4. The van der Waals surface area contributed by atoms with Crippen LogP contribution in [-0.2, 0) is 16.1 Å². The second-order valence-corrected chi connectivity index (χ2v) is 16.9. The Morgan fingerprint density at radius 1 is 0.879 bits per heavy atom. The Hall–Kier alpha value is -5.26. The van der Waals surface area contributed by atoms with E-state index in [1.165, 1.54) is 18.0 Å². The van der Waals surface area contributed by atoms with Gasteiger partial charge < -0.3 is 10.2 Å². The van der Waals surface area contributed by atoms with Gasteiger partial charge in [-0.15, -0.1) is 0 Å². The Kier molecular flexibility index (Phi) is 10.4. The highest BCUT2D eigenvalue weighted by atomic mass is 32.2. The standard InChI is InChI=1S/C41H43F2N9O5S/c42-30-19-28-29(40(57)52(39(28)56)33-9-10-35(53)46-38(33)55)20-34(30)49-16-14-48(15-17-49)22-24-4-3-7-27(18-24)58-50-13-12-32(31(43)23-50)45-41-44-21-25-8-11-36(54)51(37(25)47-41)26-5-1-2-6-26/h3-4,7-8,11,18-21,26,31-33H,1-2,5-6,9-10,12-17,22-23H2,(H,44,45,47)(H,46,53,55). The number of pyridine rings is 1.